The highest BCUT2D eigenvalue weighted by atomic mass is 16.5. The van der Waals surface area contributed by atoms with E-state index >= 15 is 0 Å². The highest BCUT2D eigenvalue weighted by molar-refractivity contribution is 5.86. The summed E-state index contributed by atoms with van der Waals surface area (Å²) in [5.41, 5.74) is 14.0. The first kappa shape index (κ1) is 19.6. The average molecular weight is 410 g/mol. The van der Waals surface area contributed by atoms with Crippen LogP contribution in [-0.4, -0.2) is 65.4 Å². The quantitative estimate of drug-likeness (QED) is 0.621. The third-order valence-electron chi connectivity index (χ3n) is 4.67. The first-order chi connectivity index (χ1) is 14.6. The Balaban J connectivity index is 1.88. The minimum atomic E-state index is 0.0953. The molecule has 11 nitrogen and oxygen atoms in total. The van der Waals surface area contributed by atoms with Crippen molar-refractivity contribution in [2.24, 2.45) is 0 Å². The van der Waals surface area contributed by atoms with Gasteiger partial charge in [-0.1, -0.05) is 0 Å². The van der Waals surface area contributed by atoms with E-state index in [0.29, 0.717) is 60.8 Å². The zero-order valence-electron chi connectivity index (χ0n) is 16.7. The molecule has 0 atom stereocenters. The number of pyridine rings is 1. The van der Waals surface area contributed by atoms with E-state index < -0.39 is 0 Å². The normalized spacial score (nSPS) is 13.9. The Morgan fingerprint density at radius 3 is 2.43 bits per heavy atom. The second-order valence-corrected chi connectivity index (χ2v) is 6.47. The smallest absolute Gasteiger partial charge is 0.229 e. The molecule has 0 bridgehead atoms. The Morgan fingerprint density at radius 2 is 1.77 bits per heavy atom. The molecule has 1 saturated heterocycles. The van der Waals surface area contributed by atoms with Gasteiger partial charge in [0.15, 0.2) is 5.82 Å². The van der Waals surface area contributed by atoms with Crippen molar-refractivity contribution in [2.75, 3.05) is 56.9 Å². The van der Waals surface area contributed by atoms with E-state index in [1.54, 1.807) is 19.4 Å². The van der Waals surface area contributed by atoms with E-state index in [1.165, 1.54) is 13.3 Å². The highest BCUT2D eigenvalue weighted by Crippen LogP contribution is 2.37. The Bertz CT molecular complexity index is 1040. The standard InChI is InChI=1S/C19H22N8O3/c1-28-13-4-3-11(9-22-13)14-15(20)24-16(12-10-23-19(21)26-18(12)29-2)25-17(14)27-5-7-30-8-6-27/h3-4,9-10H,5-8H2,1-2H3,(H2,20,24,25)(H2,21,23,26). The summed E-state index contributed by atoms with van der Waals surface area (Å²) < 4.78 is 16.0. The minimum absolute atomic E-state index is 0.0953. The van der Waals surface area contributed by atoms with Crippen molar-refractivity contribution >= 4 is 17.6 Å². The van der Waals surface area contributed by atoms with E-state index in [4.69, 9.17) is 30.7 Å². The Kier molecular flexibility index (Phi) is 5.44. The predicted octanol–water partition coefficient (Wildman–Crippen LogP) is 1.01. The third kappa shape index (κ3) is 3.74. The lowest BCUT2D eigenvalue weighted by atomic mass is 10.1. The summed E-state index contributed by atoms with van der Waals surface area (Å²) in [7, 11) is 3.06. The van der Waals surface area contributed by atoms with E-state index in [0.717, 1.165) is 5.56 Å². The number of methoxy groups -OCH3 is 2. The molecule has 0 saturated carbocycles. The van der Waals surface area contributed by atoms with Gasteiger partial charge >= 0.3 is 0 Å². The molecule has 0 aromatic carbocycles. The fourth-order valence-electron chi connectivity index (χ4n) is 3.20. The molecule has 1 fully saturated rings. The van der Waals surface area contributed by atoms with Crippen LogP contribution in [-0.2, 0) is 4.74 Å². The first-order valence-electron chi connectivity index (χ1n) is 9.28. The summed E-state index contributed by atoms with van der Waals surface area (Å²) in [6, 6.07) is 3.64. The SMILES string of the molecule is COc1ccc(-c2c(N)nc(-c3cnc(N)nc3OC)nc2N2CCOCC2)cn1. The van der Waals surface area contributed by atoms with Gasteiger partial charge in [0.25, 0.3) is 0 Å². The van der Waals surface area contributed by atoms with Crippen LogP contribution in [0.3, 0.4) is 0 Å². The van der Waals surface area contributed by atoms with E-state index in [2.05, 4.69) is 24.8 Å². The number of hydrogen-bond donors (Lipinski definition) is 2. The number of morpholine rings is 1. The minimum Gasteiger partial charge on any atom is -0.481 e. The van der Waals surface area contributed by atoms with Crippen LogP contribution in [0, 0.1) is 0 Å². The Labute approximate surface area is 173 Å². The molecule has 3 aromatic heterocycles. The topological polar surface area (TPSA) is 147 Å². The van der Waals surface area contributed by atoms with Crippen molar-refractivity contribution in [2.45, 2.75) is 0 Å². The zero-order chi connectivity index (χ0) is 21.1. The lowest BCUT2D eigenvalue weighted by molar-refractivity contribution is 0.122. The number of nitrogen functional groups attached to an aromatic ring is 2. The van der Waals surface area contributed by atoms with Crippen molar-refractivity contribution in [1.29, 1.82) is 0 Å². The summed E-state index contributed by atoms with van der Waals surface area (Å²) in [6.07, 6.45) is 3.21. The largest absolute Gasteiger partial charge is 0.481 e. The molecule has 30 heavy (non-hydrogen) atoms. The second-order valence-electron chi connectivity index (χ2n) is 6.47. The van der Waals surface area contributed by atoms with Gasteiger partial charge in [-0.3, -0.25) is 0 Å². The van der Waals surface area contributed by atoms with Gasteiger partial charge in [0.2, 0.25) is 17.7 Å². The van der Waals surface area contributed by atoms with Gasteiger partial charge in [0.1, 0.15) is 11.6 Å². The van der Waals surface area contributed by atoms with Crippen LogP contribution in [0.15, 0.2) is 24.5 Å². The lowest BCUT2D eigenvalue weighted by Crippen LogP contribution is -2.37. The molecule has 11 heteroatoms. The summed E-state index contributed by atoms with van der Waals surface area (Å²) >= 11 is 0. The molecule has 4 rings (SSSR count). The highest BCUT2D eigenvalue weighted by Gasteiger charge is 2.24. The molecule has 0 spiro atoms. The molecule has 4 N–H and O–H groups in total. The van der Waals surface area contributed by atoms with Crippen LogP contribution in [0.2, 0.25) is 0 Å². The molecule has 0 aliphatic carbocycles. The van der Waals surface area contributed by atoms with Crippen LogP contribution in [0.5, 0.6) is 11.8 Å². The number of anilines is 3. The molecule has 156 valence electrons. The average Bonchev–Trinajstić information content (AvgIpc) is 2.79. The summed E-state index contributed by atoms with van der Waals surface area (Å²) in [6.45, 7) is 2.52. The van der Waals surface area contributed by atoms with Crippen molar-refractivity contribution < 1.29 is 14.2 Å². The van der Waals surface area contributed by atoms with Crippen molar-refractivity contribution in [3.8, 4) is 34.3 Å². The maximum Gasteiger partial charge on any atom is 0.229 e. The summed E-state index contributed by atoms with van der Waals surface area (Å²) in [5, 5.41) is 0. The summed E-state index contributed by atoms with van der Waals surface area (Å²) in [4.78, 5) is 23.9. The van der Waals surface area contributed by atoms with Crippen molar-refractivity contribution in [1.82, 2.24) is 24.9 Å². The lowest BCUT2D eigenvalue weighted by Gasteiger charge is -2.30. The molecule has 4 heterocycles. The van der Waals surface area contributed by atoms with Gasteiger partial charge in [-0.15, -0.1) is 0 Å². The van der Waals surface area contributed by atoms with Gasteiger partial charge < -0.3 is 30.6 Å². The van der Waals surface area contributed by atoms with Gasteiger partial charge in [-0.25, -0.2) is 19.9 Å². The third-order valence-corrected chi connectivity index (χ3v) is 4.67. The van der Waals surface area contributed by atoms with Gasteiger partial charge in [-0.05, 0) is 6.07 Å². The monoisotopic (exact) mass is 410 g/mol. The van der Waals surface area contributed by atoms with Crippen LogP contribution < -0.4 is 25.8 Å². The van der Waals surface area contributed by atoms with Gasteiger partial charge in [0.05, 0.1) is 38.6 Å². The van der Waals surface area contributed by atoms with Crippen LogP contribution >= 0.6 is 0 Å². The maximum absolute atomic E-state index is 6.42. The Morgan fingerprint density at radius 1 is 0.967 bits per heavy atom. The molecular formula is C19H22N8O3. The molecule has 1 aliphatic heterocycles. The molecule has 3 aromatic rings. The molecular weight excluding hydrogens is 388 g/mol. The van der Waals surface area contributed by atoms with Crippen LogP contribution in [0.1, 0.15) is 0 Å². The number of aromatic nitrogens is 5. The zero-order valence-corrected chi connectivity index (χ0v) is 16.7. The fraction of sp³-hybridized carbons (Fsp3) is 0.316. The van der Waals surface area contributed by atoms with Crippen molar-refractivity contribution in [3.63, 3.8) is 0 Å². The molecule has 0 radical (unpaired) electrons. The number of nitrogens with two attached hydrogens (primary N) is 2. The number of rotatable bonds is 5. The fourth-order valence-corrected chi connectivity index (χ4v) is 3.20. The molecule has 1 aliphatic rings. The van der Waals surface area contributed by atoms with Crippen LogP contribution in [0.25, 0.3) is 22.5 Å². The molecule has 0 amide bonds. The first-order valence-corrected chi connectivity index (χ1v) is 9.28. The van der Waals surface area contributed by atoms with E-state index in [-0.39, 0.29) is 11.8 Å². The van der Waals surface area contributed by atoms with E-state index in [1.807, 2.05) is 6.07 Å². The van der Waals surface area contributed by atoms with Gasteiger partial charge in [0, 0.05) is 37.1 Å². The summed E-state index contributed by atoms with van der Waals surface area (Å²) in [5.74, 6) is 2.19. The second kappa shape index (κ2) is 8.33. The van der Waals surface area contributed by atoms with Gasteiger partial charge in [-0.2, -0.15) is 4.98 Å². The number of nitrogens with zero attached hydrogens (tertiary/aromatic N) is 6. The van der Waals surface area contributed by atoms with Crippen molar-refractivity contribution in [3.05, 3.63) is 24.5 Å². The molecule has 0 unspecified atom stereocenters. The number of hydrogen-bond acceptors (Lipinski definition) is 11. The van der Waals surface area contributed by atoms with Crippen LogP contribution in [0.4, 0.5) is 17.6 Å². The van der Waals surface area contributed by atoms with E-state index in [9.17, 15) is 0 Å². The maximum atomic E-state index is 6.42. The number of ether oxygens (including phenoxy) is 3. The Hall–Kier alpha value is -3.73. The predicted molar refractivity (Wildman–Crippen MR) is 111 cm³/mol.